The van der Waals surface area contributed by atoms with E-state index < -0.39 is 0 Å². The van der Waals surface area contributed by atoms with E-state index in [1.165, 1.54) is 5.56 Å². The largest absolute Gasteiger partial charge is 0.467 e. The predicted molar refractivity (Wildman–Crippen MR) is 78.5 cm³/mol. The number of hydrogen-bond donors (Lipinski definition) is 1. The first kappa shape index (κ1) is 12.5. The molecule has 0 radical (unpaired) electrons. The monoisotopic (exact) mass is 267 g/mol. The van der Waals surface area contributed by atoms with Gasteiger partial charge in [0.25, 0.3) is 0 Å². The number of anilines is 1. The van der Waals surface area contributed by atoms with E-state index >= 15 is 0 Å². The third kappa shape index (κ3) is 2.91. The summed E-state index contributed by atoms with van der Waals surface area (Å²) in [6.45, 7) is 2.91. The van der Waals surface area contributed by atoms with E-state index in [-0.39, 0.29) is 6.04 Å². The fourth-order valence-corrected chi connectivity index (χ4v) is 2.21. The lowest BCUT2D eigenvalue weighted by Gasteiger charge is -2.14. The van der Waals surface area contributed by atoms with Gasteiger partial charge in [-0.15, -0.1) is 0 Å². The molecule has 3 aromatic rings. The molecule has 2 heterocycles. The number of nitrogens with one attached hydrogen (secondary N) is 1. The molecule has 20 heavy (non-hydrogen) atoms. The number of aromatic nitrogens is 2. The van der Waals surface area contributed by atoms with Crippen molar-refractivity contribution in [2.45, 2.75) is 19.5 Å². The van der Waals surface area contributed by atoms with E-state index in [9.17, 15) is 0 Å². The van der Waals surface area contributed by atoms with Crippen LogP contribution < -0.4 is 5.32 Å². The molecule has 2 aromatic heterocycles. The van der Waals surface area contributed by atoms with Crippen molar-refractivity contribution in [3.8, 4) is 0 Å². The highest BCUT2D eigenvalue weighted by Crippen LogP contribution is 2.20. The summed E-state index contributed by atoms with van der Waals surface area (Å²) in [7, 11) is 0. The zero-order chi connectivity index (χ0) is 13.8. The normalized spacial score (nSPS) is 12.2. The number of furan rings is 1. The molecule has 0 saturated carbocycles. The van der Waals surface area contributed by atoms with Gasteiger partial charge >= 0.3 is 0 Å². The van der Waals surface area contributed by atoms with E-state index in [0.717, 1.165) is 18.0 Å². The van der Waals surface area contributed by atoms with Gasteiger partial charge in [-0.2, -0.15) is 0 Å². The lowest BCUT2D eigenvalue weighted by atomic mass is 10.1. The fraction of sp³-hybridized carbons (Fsp3) is 0.188. The predicted octanol–water partition coefficient (Wildman–Crippen LogP) is 3.70. The molecule has 1 N–H and O–H groups in total. The molecule has 0 fully saturated rings. The van der Waals surface area contributed by atoms with Crippen molar-refractivity contribution in [2.75, 3.05) is 5.32 Å². The first-order chi connectivity index (χ1) is 9.81. The van der Waals surface area contributed by atoms with Gasteiger partial charge in [0.05, 0.1) is 18.6 Å². The Labute approximate surface area is 118 Å². The highest BCUT2D eigenvalue weighted by Gasteiger charge is 2.07. The Balaban J connectivity index is 1.71. The van der Waals surface area contributed by atoms with Crippen LogP contribution in [0.15, 0.2) is 65.8 Å². The Morgan fingerprint density at radius 3 is 3.00 bits per heavy atom. The van der Waals surface area contributed by atoms with Crippen LogP contribution in [0, 0.1) is 0 Å². The van der Waals surface area contributed by atoms with Crippen molar-refractivity contribution in [3.05, 3.63) is 72.7 Å². The highest BCUT2D eigenvalue weighted by atomic mass is 16.3. The van der Waals surface area contributed by atoms with Gasteiger partial charge in [-0.25, -0.2) is 4.98 Å². The molecular formula is C16H17N3O. The topological polar surface area (TPSA) is 43.0 Å². The lowest BCUT2D eigenvalue weighted by molar-refractivity contribution is 0.490. The highest BCUT2D eigenvalue weighted by molar-refractivity contribution is 5.47. The van der Waals surface area contributed by atoms with Crippen LogP contribution >= 0.6 is 0 Å². The molecule has 4 heteroatoms. The molecule has 3 rings (SSSR count). The SMILES string of the molecule is CC(Nc1cccc(Cn2ccnc2)c1)c1ccco1. The van der Waals surface area contributed by atoms with Crippen molar-refractivity contribution in [3.63, 3.8) is 0 Å². The van der Waals surface area contributed by atoms with Crippen LogP contribution in [0.2, 0.25) is 0 Å². The van der Waals surface area contributed by atoms with E-state index in [1.807, 2.05) is 24.7 Å². The quantitative estimate of drug-likeness (QED) is 0.766. The van der Waals surface area contributed by atoms with Crippen LogP contribution in [0.25, 0.3) is 0 Å². The summed E-state index contributed by atoms with van der Waals surface area (Å²) in [6, 6.07) is 12.4. The minimum absolute atomic E-state index is 0.147. The zero-order valence-electron chi connectivity index (χ0n) is 11.4. The molecule has 0 aliphatic carbocycles. The fourth-order valence-electron chi connectivity index (χ4n) is 2.21. The zero-order valence-corrected chi connectivity index (χ0v) is 11.4. The molecule has 0 aliphatic heterocycles. The second-order valence-corrected chi connectivity index (χ2v) is 4.82. The average molecular weight is 267 g/mol. The van der Waals surface area contributed by atoms with Crippen LogP contribution in [-0.2, 0) is 6.54 Å². The molecule has 1 atom stereocenters. The average Bonchev–Trinajstić information content (AvgIpc) is 3.12. The van der Waals surface area contributed by atoms with Crippen molar-refractivity contribution < 1.29 is 4.42 Å². The Bertz CT molecular complexity index is 644. The van der Waals surface area contributed by atoms with Gasteiger partial charge in [0.15, 0.2) is 0 Å². The number of nitrogens with zero attached hydrogens (tertiary/aromatic N) is 2. The van der Waals surface area contributed by atoms with Crippen LogP contribution in [0.3, 0.4) is 0 Å². The van der Waals surface area contributed by atoms with Crippen LogP contribution in [-0.4, -0.2) is 9.55 Å². The smallest absolute Gasteiger partial charge is 0.125 e. The van der Waals surface area contributed by atoms with Gasteiger partial charge in [-0.3, -0.25) is 0 Å². The molecule has 0 amide bonds. The summed E-state index contributed by atoms with van der Waals surface area (Å²) < 4.78 is 7.46. The molecular weight excluding hydrogens is 250 g/mol. The number of rotatable bonds is 5. The van der Waals surface area contributed by atoms with Crippen LogP contribution in [0.4, 0.5) is 5.69 Å². The number of benzene rings is 1. The van der Waals surface area contributed by atoms with Gasteiger partial charge in [0.2, 0.25) is 0 Å². The summed E-state index contributed by atoms with van der Waals surface area (Å²) in [5, 5.41) is 3.45. The molecule has 0 bridgehead atoms. The summed E-state index contributed by atoms with van der Waals surface area (Å²) in [5.74, 6) is 0.935. The standard InChI is InChI=1S/C16H17N3O/c1-13(16-6-3-9-20-16)18-15-5-2-4-14(10-15)11-19-8-7-17-12-19/h2-10,12-13,18H,11H2,1H3. The Kier molecular flexibility index (Phi) is 3.54. The van der Waals surface area contributed by atoms with Crippen LogP contribution in [0.5, 0.6) is 0 Å². The maximum absolute atomic E-state index is 5.41. The van der Waals surface area contributed by atoms with Gasteiger partial charge in [-0.1, -0.05) is 12.1 Å². The molecule has 1 unspecified atom stereocenters. The lowest BCUT2D eigenvalue weighted by Crippen LogP contribution is -2.06. The van der Waals surface area contributed by atoms with E-state index in [2.05, 4.69) is 46.1 Å². The Morgan fingerprint density at radius 2 is 2.25 bits per heavy atom. The van der Waals surface area contributed by atoms with E-state index in [0.29, 0.717) is 0 Å². The van der Waals surface area contributed by atoms with E-state index in [1.54, 1.807) is 12.5 Å². The summed E-state index contributed by atoms with van der Waals surface area (Å²) >= 11 is 0. The number of imidazole rings is 1. The molecule has 102 valence electrons. The van der Waals surface area contributed by atoms with Gasteiger partial charge in [-0.05, 0) is 36.8 Å². The summed E-state index contributed by atoms with van der Waals surface area (Å²) in [5.41, 5.74) is 2.33. The summed E-state index contributed by atoms with van der Waals surface area (Å²) in [4.78, 5) is 4.06. The molecule has 0 saturated heterocycles. The maximum atomic E-state index is 5.41. The van der Waals surface area contributed by atoms with Gasteiger partial charge in [0, 0.05) is 24.6 Å². The van der Waals surface area contributed by atoms with Crippen molar-refractivity contribution >= 4 is 5.69 Å². The third-order valence-electron chi connectivity index (χ3n) is 3.20. The minimum Gasteiger partial charge on any atom is -0.467 e. The third-order valence-corrected chi connectivity index (χ3v) is 3.20. The first-order valence-corrected chi connectivity index (χ1v) is 6.66. The van der Waals surface area contributed by atoms with Gasteiger partial charge in [0.1, 0.15) is 5.76 Å². The molecule has 1 aromatic carbocycles. The Morgan fingerprint density at radius 1 is 1.30 bits per heavy atom. The maximum Gasteiger partial charge on any atom is 0.125 e. The van der Waals surface area contributed by atoms with Crippen molar-refractivity contribution in [1.82, 2.24) is 9.55 Å². The number of hydrogen-bond acceptors (Lipinski definition) is 3. The molecule has 0 spiro atoms. The molecule has 0 aliphatic rings. The van der Waals surface area contributed by atoms with E-state index in [4.69, 9.17) is 4.42 Å². The minimum atomic E-state index is 0.147. The summed E-state index contributed by atoms with van der Waals surface area (Å²) in [6.07, 6.45) is 7.28. The van der Waals surface area contributed by atoms with Crippen molar-refractivity contribution in [2.24, 2.45) is 0 Å². The molecule has 4 nitrogen and oxygen atoms in total. The first-order valence-electron chi connectivity index (χ1n) is 6.66. The second kappa shape index (κ2) is 5.65. The van der Waals surface area contributed by atoms with Crippen LogP contribution in [0.1, 0.15) is 24.3 Å². The Hall–Kier alpha value is -2.49. The second-order valence-electron chi connectivity index (χ2n) is 4.82. The van der Waals surface area contributed by atoms with Gasteiger partial charge < -0.3 is 14.3 Å². The van der Waals surface area contributed by atoms with Crippen molar-refractivity contribution in [1.29, 1.82) is 0 Å².